The number of carbonyl (C=O) groups is 1. The molecule has 0 spiro atoms. The van der Waals surface area contributed by atoms with Crippen molar-refractivity contribution in [2.45, 2.75) is 6.92 Å². The number of halogens is 1. The molecule has 0 fully saturated rings. The molecule has 4 aromatic rings. The van der Waals surface area contributed by atoms with Crippen LogP contribution < -0.4 is 0 Å². The zero-order valence-corrected chi connectivity index (χ0v) is 15.8. The van der Waals surface area contributed by atoms with Crippen LogP contribution >= 0.6 is 11.3 Å². The van der Waals surface area contributed by atoms with Gasteiger partial charge in [0.25, 0.3) is 5.91 Å². The molecule has 0 bridgehead atoms. The summed E-state index contributed by atoms with van der Waals surface area (Å²) < 4.78 is 15.2. The Bertz CT molecular complexity index is 1110. The molecular formula is C21H18FN3OS. The molecule has 0 saturated heterocycles. The number of thiazole rings is 1. The topological polar surface area (TPSA) is 37.6 Å². The number of hydrogen-bond donors (Lipinski definition) is 0. The normalized spacial score (nSPS) is 11.1. The second kappa shape index (κ2) is 6.96. The Balaban J connectivity index is 1.81. The third-order valence-electron chi connectivity index (χ3n) is 4.59. The van der Waals surface area contributed by atoms with Crippen molar-refractivity contribution in [2.24, 2.45) is 0 Å². The van der Waals surface area contributed by atoms with E-state index < -0.39 is 0 Å². The molecule has 1 aromatic carbocycles. The highest BCUT2D eigenvalue weighted by molar-refractivity contribution is 7.13. The van der Waals surface area contributed by atoms with Gasteiger partial charge < -0.3 is 9.30 Å². The summed E-state index contributed by atoms with van der Waals surface area (Å²) in [4.78, 5) is 19.2. The van der Waals surface area contributed by atoms with Crippen LogP contribution in [0.3, 0.4) is 0 Å². The minimum Gasteiger partial charge on any atom is -0.342 e. The molecule has 0 unspecified atom stereocenters. The molecule has 0 radical (unpaired) electrons. The highest BCUT2D eigenvalue weighted by atomic mass is 32.1. The summed E-state index contributed by atoms with van der Waals surface area (Å²) in [6.45, 7) is 2.59. The van der Waals surface area contributed by atoms with Crippen molar-refractivity contribution in [1.29, 1.82) is 0 Å². The van der Waals surface area contributed by atoms with Gasteiger partial charge in [-0.25, -0.2) is 9.37 Å². The van der Waals surface area contributed by atoms with E-state index in [0.717, 1.165) is 27.5 Å². The van der Waals surface area contributed by atoms with Crippen LogP contribution in [-0.4, -0.2) is 33.8 Å². The van der Waals surface area contributed by atoms with Crippen molar-refractivity contribution in [1.82, 2.24) is 14.3 Å². The average Bonchev–Trinajstić information content (AvgIpc) is 3.32. The number of hydrogen-bond acceptors (Lipinski definition) is 3. The molecule has 4 rings (SSSR count). The number of rotatable bonds is 4. The van der Waals surface area contributed by atoms with Gasteiger partial charge in [0.1, 0.15) is 10.8 Å². The molecular weight excluding hydrogens is 361 g/mol. The lowest BCUT2D eigenvalue weighted by Gasteiger charge is -2.13. The van der Waals surface area contributed by atoms with E-state index in [1.807, 2.05) is 47.2 Å². The summed E-state index contributed by atoms with van der Waals surface area (Å²) in [5.41, 5.74) is 4.04. The molecule has 0 atom stereocenters. The van der Waals surface area contributed by atoms with E-state index >= 15 is 0 Å². The van der Waals surface area contributed by atoms with E-state index in [0.29, 0.717) is 12.1 Å². The number of pyridine rings is 1. The monoisotopic (exact) mass is 379 g/mol. The quantitative estimate of drug-likeness (QED) is 0.503. The first-order chi connectivity index (χ1) is 13.1. The largest absolute Gasteiger partial charge is 0.342 e. The fourth-order valence-corrected chi connectivity index (χ4v) is 3.81. The molecule has 27 heavy (non-hydrogen) atoms. The van der Waals surface area contributed by atoms with Crippen molar-refractivity contribution in [3.8, 4) is 22.0 Å². The molecule has 1 amide bonds. The molecule has 0 N–H and O–H groups in total. The number of nitrogens with zero attached hydrogens (tertiary/aromatic N) is 3. The molecule has 0 saturated carbocycles. The SMILES string of the molecule is CCN(C)C(=O)c1cc(-c2csc(-c3ccc(F)cc3)n2)n2ccccc12. The van der Waals surface area contributed by atoms with Crippen molar-refractivity contribution >= 4 is 22.8 Å². The van der Waals surface area contributed by atoms with Gasteiger partial charge in [-0.2, -0.15) is 0 Å². The Morgan fingerprint density at radius 2 is 2.00 bits per heavy atom. The van der Waals surface area contributed by atoms with Crippen LogP contribution in [0, 0.1) is 5.82 Å². The lowest BCUT2D eigenvalue weighted by atomic mass is 10.2. The standard InChI is InChI=1S/C21H18FN3OS/c1-3-24(2)21(26)16-12-19(25-11-5-4-6-18(16)25)17-13-27-20(23-17)14-7-9-15(22)10-8-14/h4-13H,3H2,1-2H3. The zero-order valence-electron chi connectivity index (χ0n) is 15.0. The van der Waals surface area contributed by atoms with E-state index in [1.165, 1.54) is 23.5 Å². The van der Waals surface area contributed by atoms with Gasteiger partial charge in [-0.15, -0.1) is 11.3 Å². The van der Waals surface area contributed by atoms with Crippen molar-refractivity contribution in [3.63, 3.8) is 0 Å². The van der Waals surface area contributed by atoms with Gasteiger partial charge >= 0.3 is 0 Å². The van der Waals surface area contributed by atoms with Gasteiger partial charge in [-0.1, -0.05) is 6.07 Å². The van der Waals surface area contributed by atoms with Gasteiger partial charge in [-0.3, -0.25) is 4.79 Å². The Morgan fingerprint density at radius 1 is 1.22 bits per heavy atom. The predicted octanol–water partition coefficient (Wildman–Crippen LogP) is 4.96. The Kier molecular flexibility index (Phi) is 4.49. The molecule has 6 heteroatoms. The summed E-state index contributed by atoms with van der Waals surface area (Å²) in [6, 6.07) is 14.0. The number of aromatic nitrogens is 2. The molecule has 0 aliphatic heterocycles. The van der Waals surface area contributed by atoms with Crippen LogP contribution in [0.1, 0.15) is 17.3 Å². The zero-order chi connectivity index (χ0) is 19.0. The van der Waals surface area contributed by atoms with Crippen LogP contribution in [0.5, 0.6) is 0 Å². The van der Waals surface area contributed by atoms with E-state index in [9.17, 15) is 9.18 Å². The van der Waals surface area contributed by atoms with Crippen molar-refractivity contribution in [2.75, 3.05) is 13.6 Å². The fraction of sp³-hybridized carbons (Fsp3) is 0.143. The lowest BCUT2D eigenvalue weighted by Crippen LogP contribution is -2.25. The molecule has 0 aliphatic carbocycles. The highest BCUT2D eigenvalue weighted by Crippen LogP contribution is 2.31. The van der Waals surface area contributed by atoms with E-state index in [4.69, 9.17) is 4.98 Å². The number of amides is 1. The Morgan fingerprint density at radius 3 is 2.74 bits per heavy atom. The summed E-state index contributed by atoms with van der Waals surface area (Å²) in [5, 5.41) is 2.78. The lowest BCUT2D eigenvalue weighted by molar-refractivity contribution is 0.0804. The first kappa shape index (κ1) is 17.4. The van der Waals surface area contributed by atoms with E-state index in [-0.39, 0.29) is 11.7 Å². The van der Waals surface area contributed by atoms with Crippen molar-refractivity contribution in [3.05, 3.63) is 71.5 Å². The number of benzene rings is 1. The second-order valence-electron chi connectivity index (χ2n) is 6.26. The fourth-order valence-electron chi connectivity index (χ4n) is 2.99. The van der Waals surface area contributed by atoms with Crippen LogP contribution in [0.25, 0.3) is 27.5 Å². The van der Waals surface area contributed by atoms with Crippen LogP contribution in [-0.2, 0) is 0 Å². The number of carbonyl (C=O) groups excluding carboxylic acids is 1. The summed E-state index contributed by atoms with van der Waals surface area (Å²) >= 11 is 1.50. The molecule has 136 valence electrons. The van der Waals surface area contributed by atoms with Gasteiger partial charge in [0, 0.05) is 30.7 Å². The van der Waals surface area contributed by atoms with Gasteiger partial charge in [0.15, 0.2) is 0 Å². The molecule has 4 nitrogen and oxygen atoms in total. The third kappa shape index (κ3) is 3.13. The summed E-state index contributed by atoms with van der Waals surface area (Å²) in [6.07, 6.45) is 1.93. The maximum atomic E-state index is 13.2. The third-order valence-corrected chi connectivity index (χ3v) is 5.48. The molecule has 3 heterocycles. The second-order valence-corrected chi connectivity index (χ2v) is 7.12. The minimum absolute atomic E-state index is 0.0126. The molecule has 3 aromatic heterocycles. The number of fused-ring (bicyclic) bond motifs is 1. The van der Waals surface area contributed by atoms with E-state index in [1.54, 1.807) is 24.1 Å². The smallest absolute Gasteiger partial charge is 0.255 e. The Hall–Kier alpha value is -2.99. The minimum atomic E-state index is -0.267. The summed E-state index contributed by atoms with van der Waals surface area (Å²) in [7, 11) is 1.80. The van der Waals surface area contributed by atoms with Crippen LogP contribution in [0.4, 0.5) is 4.39 Å². The van der Waals surface area contributed by atoms with Gasteiger partial charge in [0.05, 0.1) is 22.5 Å². The van der Waals surface area contributed by atoms with Gasteiger partial charge in [-0.05, 0) is 49.4 Å². The average molecular weight is 379 g/mol. The van der Waals surface area contributed by atoms with Gasteiger partial charge in [0.2, 0.25) is 0 Å². The van der Waals surface area contributed by atoms with E-state index in [2.05, 4.69) is 0 Å². The summed E-state index contributed by atoms with van der Waals surface area (Å²) in [5.74, 6) is -0.280. The molecule has 0 aliphatic rings. The Labute approximate surface area is 160 Å². The van der Waals surface area contributed by atoms with Crippen LogP contribution in [0.2, 0.25) is 0 Å². The first-order valence-electron chi connectivity index (χ1n) is 8.66. The maximum absolute atomic E-state index is 13.2. The maximum Gasteiger partial charge on any atom is 0.255 e. The van der Waals surface area contributed by atoms with Crippen molar-refractivity contribution < 1.29 is 9.18 Å². The highest BCUT2D eigenvalue weighted by Gasteiger charge is 2.20. The predicted molar refractivity (Wildman–Crippen MR) is 107 cm³/mol. The first-order valence-corrected chi connectivity index (χ1v) is 9.54. The van der Waals surface area contributed by atoms with Crippen LogP contribution in [0.15, 0.2) is 60.1 Å².